The average Bonchev–Trinajstić information content (AvgIpc) is 2.72. The summed E-state index contributed by atoms with van der Waals surface area (Å²) in [5.74, 6) is 0. The number of aryl methyl sites for hydroxylation is 1. The van der Waals surface area contributed by atoms with Gasteiger partial charge in [-0.15, -0.1) is 22.7 Å². The molecule has 0 bridgehead atoms. The Bertz CT molecular complexity index is 454. The lowest BCUT2D eigenvalue weighted by Crippen LogP contribution is -1.80. The Morgan fingerprint density at radius 3 is 2.79 bits per heavy atom. The van der Waals surface area contributed by atoms with Gasteiger partial charge in [-0.25, -0.2) is 4.98 Å². The van der Waals surface area contributed by atoms with Gasteiger partial charge in [0, 0.05) is 10.3 Å². The number of aromatic nitrogens is 1. The summed E-state index contributed by atoms with van der Waals surface area (Å²) in [6, 6.07) is 2.11. The number of thiophene rings is 1. The van der Waals surface area contributed by atoms with Crippen LogP contribution in [0.25, 0.3) is 12.2 Å². The van der Waals surface area contributed by atoms with Crippen molar-refractivity contribution in [3.63, 3.8) is 0 Å². The maximum atomic E-state index is 5.53. The van der Waals surface area contributed by atoms with Gasteiger partial charge in [-0.05, 0) is 36.1 Å². The van der Waals surface area contributed by atoms with E-state index in [4.69, 9.17) is 5.73 Å². The Morgan fingerprint density at radius 2 is 2.21 bits per heavy atom. The number of anilines is 1. The van der Waals surface area contributed by atoms with E-state index in [1.54, 1.807) is 11.3 Å². The van der Waals surface area contributed by atoms with Gasteiger partial charge >= 0.3 is 0 Å². The summed E-state index contributed by atoms with van der Waals surface area (Å²) >= 11 is 3.20. The zero-order chi connectivity index (χ0) is 9.97. The monoisotopic (exact) mass is 222 g/mol. The predicted molar refractivity (Wildman–Crippen MR) is 64.5 cm³/mol. The lowest BCUT2D eigenvalue weighted by Gasteiger charge is -1.87. The summed E-state index contributed by atoms with van der Waals surface area (Å²) in [6.45, 7) is 2.10. The molecule has 0 saturated heterocycles. The van der Waals surface area contributed by atoms with E-state index in [1.807, 2.05) is 11.5 Å². The van der Waals surface area contributed by atoms with Crippen LogP contribution in [0.2, 0.25) is 0 Å². The van der Waals surface area contributed by atoms with Crippen molar-refractivity contribution in [1.29, 1.82) is 0 Å². The van der Waals surface area contributed by atoms with Crippen LogP contribution in [0, 0.1) is 6.92 Å². The van der Waals surface area contributed by atoms with E-state index < -0.39 is 0 Å². The number of nitrogens with zero attached hydrogens (tertiary/aromatic N) is 1. The fourth-order valence-corrected chi connectivity index (χ4v) is 2.44. The molecule has 0 aliphatic carbocycles. The van der Waals surface area contributed by atoms with Crippen molar-refractivity contribution in [2.45, 2.75) is 6.92 Å². The van der Waals surface area contributed by atoms with E-state index in [2.05, 4.69) is 29.4 Å². The maximum Gasteiger partial charge on any atom is 0.180 e. The Hall–Kier alpha value is -1.13. The largest absolute Gasteiger partial charge is 0.375 e. The third-order valence-corrected chi connectivity index (χ3v) is 3.52. The van der Waals surface area contributed by atoms with Crippen LogP contribution >= 0.6 is 22.7 Å². The van der Waals surface area contributed by atoms with Gasteiger partial charge in [-0.1, -0.05) is 0 Å². The number of rotatable bonds is 2. The van der Waals surface area contributed by atoms with E-state index in [-0.39, 0.29) is 0 Å². The van der Waals surface area contributed by atoms with Crippen molar-refractivity contribution in [3.05, 3.63) is 33.0 Å². The van der Waals surface area contributed by atoms with Crippen LogP contribution in [0.5, 0.6) is 0 Å². The van der Waals surface area contributed by atoms with Crippen molar-refractivity contribution in [1.82, 2.24) is 4.98 Å². The minimum Gasteiger partial charge on any atom is -0.375 e. The van der Waals surface area contributed by atoms with Crippen molar-refractivity contribution < 1.29 is 0 Å². The molecule has 0 saturated carbocycles. The molecular weight excluding hydrogens is 212 g/mol. The average molecular weight is 222 g/mol. The zero-order valence-electron chi connectivity index (χ0n) is 7.73. The van der Waals surface area contributed by atoms with Crippen LogP contribution in [0.1, 0.15) is 16.1 Å². The third-order valence-electron chi connectivity index (χ3n) is 1.85. The van der Waals surface area contributed by atoms with Crippen LogP contribution in [0.4, 0.5) is 5.13 Å². The molecule has 0 spiro atoms. The maximum absolute atomic E-state index is 5.53. The molecular formula is C10H10N2S2. The second-order valence-corrected chi connectivity index (χ2v) is 4.75. The number of thiazole rings is 1. The normalized spacial score (nSPS) is 11.2. The molecule has 0 unspecified atom stereocenters. The Labute approximate surface area is 90.7 Å². The molecule has 14 heavy (non-hydrogen) atoms. The van der Waals surface area contributed by atoms with Crippen LogP contribution < -0.4 is 5.73 Å². The van der Waals surface area contributed by atoms with Gasteiger partial charge < -0.3 is 5.73 Å². The van der Waals surface area contributed by atoms with Crippen molar-refractivity contribution in [2.75, 3.05) is 5.73 Å². The summed E-state index contributed by atoms with van der Waals surface area (Å²) in [5, 5.41) is 4.66. The second-order valence-electron chi connectivity index (χ2n) is 2.91. The third kappa shape index (κ3) is 2.02. The molecule has 72 valence electrons. The number of nitrogen functional groups attached to an aromatic ring is 1. The standard InChI is InChI=1S/C10H10N2S2/c1-7-4-5-13-9(7)3-2-8-6-14-10(11)12-8/h2-6H,1H3,(H2,11,12)/b3-2+. The van der Waals surface area contributed by atoms with Crippen molar-refractivity contribution in [3.8, 4) is 0 Å². The van der Waals surface area contributed by atoms with E-state index >= 15 is 0 Å². The second kappa shape index (κ2) is 3.94. The minimum atomic E-state index is 0.618. The first-order chi connectivity index (χ1) is 6.75. The Morgan fingerprint density at radius 1 is 1.36 bits per heavy atom. The quantitative estimate of drug-likeness (QED) is 0.847. The Kier molecular flexibility index (Phi) is 2.65. The molecule has 0 atom stereocenters. The lowest BCUT2D eigenvalue weighted by molar-refractivity contribution is 1.39. The highest BCUT2D eigenvalue weighted by molar-refractivity contribution is 7.13. The SMILES string of the molecule is Cc1ccsc1/C=C/c1csc(N)n1. The highest BCUT2D eigenvalue weighted by Crippen LogP contribution is 2.19. The molecule has 2 rings (SSSR count). The van der Waals surface area contributed by atoms with Crippen LogP contribution in [0.3, 0.4) is 0 Å². The van der Waals surface area contributed by atoms with E-state index in [0.29, 0.717) is 5.13 Å². The van der Waals surface area contributed by atoms with Crippen LogP contribution in [0.15, 0.2) is 16.8 Å². The van der Waals surface area contributed by atoms with E-state index in [0.717, 1.165) is 5.69 Å². The molecule has 0 amide bonds. The first-order valence-corrected chi connectivity index (χ1v) is 5.95. The molecule has 2 nitrogen and oxygen atoms in total. The van der Waals surface area contributed by atoms with Crippen molar-refractivity contribution in [2.24, 2.45) is 0 Å². The minimum absolute atomic E-state index is 0.618. The number of hydrogen-bond donors (Lipinski definition) is 1. The first-order valence-electron chi connectivity index (χ1n) is 4.19. The van der Waals surface area contributed by atoms with Gasteiger partial charge in [0.25, 0.3) is 0 Å². The van der Waals surface area contributed by atoms with Gasteiger partial charge in [0.15, 0.2) is 5.13 Å². The fraction of sp³-hybridized carbons (Fsp3) is 0.100. The molecule has 0 aliphatic heterocycles. The summed E-state index contributed by atoms with van der Waals surface area (Å²) in [6.07, 6.45) is 4.07. The van der Waals surface area contributed by atoms with Gasteiger partial charge in [0.05, 0.1) is 5.69 Å². The smallest absolute Gasteiger partial charge is 0.180 e. The molecule has 0 aliphatic rings. The first kappa shape index (κ1) is 9.43. The van der Waals surface area contributed by atoms with Crippen molar-refractivity contribution >= 4 is 40.0 Å². The molecule has 0 fully saturated rings. The summed E-state index contributed by atoms with van der Waals surface area (Å²) in [5.41, 5.74) is 7.76. The molecule has 0 aromatic carbocycles. The number of nitrogens with two attached hydrogens (primary N) is 1. The lowest BCUT2D eigenvalue weighted by atomic mass is 10.2. The molecule has 4 heteroatoms. The topological polar surface area (TPSA) is 38.9 Å². The highest BCUT2D eigenvalue weighted by atomic mass is 32.1. The zero-order valence-corrected chi connectivity index (χ0v) is 9.36. The molecule has 2 aromatic rings. The van der Waals surface area contributed by atoms with E-state index in [9.17, 15) is 0 Å². The van der Waals surface area contributed by atoms with Gasteiger partial charge in [-0.3, -0.25) is 0 Å². The Balaban J connectivity index is 2.19. The van der Waals surface area contributed by atoms with Crippen LogP contribution in [-0.2, 0) is 0 Å². The summed E-state index contributed by atoms with van der Waals surface area (Å²) in [4.78, 5) is 5.43. The fourth-order valence-electron chi connectivity index (χ4n) is 1.09. The summed E-state index contributed by atoms with van der Waals surface area (Å²) < 4.78 is 0. The predicted octanol–water partition coefficient (Wildman–Crippen LogP) is 3.27. The van der Waals surface area contributed by atoms with Gasteiger partial charge in [0.1, 0.15) is 0 Å². The van der Waals surface area contributed by atoms with Gasteiger partial charge in [-0.2, -0.15) is 0 Å². The molecule has 2 heterocycles. The van der Waals surface area contributed by atoms with Gasteiger partial charge in [0.2, 0.25) is 0 Å². The van der Waals surface area contributed by atoms with Crippen LogP contribution in [-0.4, -0.2) is 4.98 Å². The summed E-state index contributed by atoms with van der Waals surface area (Å²) in [7, 11) is 0. The molecule has 0 radical (unpaired) electrons. The molecule has 2 N–H and O–H groups in total. The highest BCUT2D eigenvalue weighted by Gasteiger charge is 1.96. The van der Waals surface area contributed by atoms with E-state index in [1.165, 1.54) is 21.8 Å². The number of hydrogen-bond acceptors (Lipinski definition) is 4. The molecule has 2 aromatic heterocycles.